The molecule has 0 saturated carbocycles. The molecule has 0 radical (unpaired) electrons. The van der Waals surface area contributed by atoms with Crippen molar-refractivity contribution in [2.75, 3.05) is 0 Å². The van der Waals surface area contributed by atoms with Crippen LogP contribution in [0.15, 0.2) is 12.3 Å². The van der Waals surface area contributed by atoms with Crippen LogP contribution in [0.25, 0.3) is 0 Å². The number of piperidine rings is 1. The monoisotopic (exact) mass is 233 g/mol. The van der Waals surface area contributed by atoms with E-state index in [1.54, 1.807) is 0 Å². The second-order valence-electron chi connectivity index (χ2n) is 2.79. The van der Waals surface area contributed by atoms with Crippen LogP contribution >= 0.6 is 15.9 Å². The van der Waals surface area contributed by atoms with Gasteiger partial charge in [-0.2, -0.15) is 0 Å². The van der Waals surface area contributed by atoms with Crippen LogP contribution in [0.2, 0.25) is 0 Å². The maximum atomic E-state index is 10.6. The standard InChI is InChI=1S/C6H8BrNO.C3H8/c1-4-5(7)2-3-6(9)8-4;1-3-2/h5H,1-3H2,(H,8,9);3H2,1-2H3. The second kappa shape index (κ2) is 6.23. The van der Waals surface area contributed by atoms with Gasteiger partial charge >= 0.3 is 0 Å². The zero-order valence-electron chi connectivity index (χ0n) is 7.69. The lowest BCUT2D eigenvalue weighted by Crippen LogP contribution is -2.32. The third-order valence-electron chi connectivity index (χ3n) is 1.30. The van der Waals surface area contributed by atoms with Crippen molar-refractivity contribution < 1.29 is 4.79 Å². The summed E-state index contributed by atoms with van der Waals surface area (Å²) in [6.45, 7) is 7.92. The summed E-state index contributed by atoms with van der Waals surface area (Å²) in [5.74, 6) is 0.0794. The first kappa shape index (κ1) is 11.7. The van der Waals surface area contributed by atoms with Crippen LogP contribution in [-0.4, -0.2) is 10.7 Å². The van der Waals surface area contributed by atoms with Crippen molar-refractivity contribution in [1.82, 2.24) is 5.32 Å². The lowest BCUT2D eigenvalue weighted by Gasteiger charge is -2.19. The molecule has 0 spiro atoms. The molecule has 12 heavy (non-hydrogen) atoms. The highest BCUT2D eigenvalue weighted by molar-refractivity contribution is 9.09. The van der Waals surface area contributed by atoms with Crippen LogP contribution in [0.3, 0.4) is 0 Å². The molecule has 2 nitrogen and oxygen atoms in total. The molecule has 1 N–H and O–H groups in total. The summed E-state index contributed by atoms with van der Waals surface area (Å²) in [6.07, 6.45) is 2.72. The predicted molar refractivity (Wildman–Crippen MR) is 55.2 cm³/mol. The Morgan fingerprint density at radius 3 is 2.50 bits per heavy atom. The number of carbonyl (C=O) groups is 1. The number of hydrogen-bond donors (Lipinski definition) is 1. The minimum atomic E-state index is 0.0794. The van der Waals surface area contributed by atoms with E-state index in [-0.39, 0.29) is 10.7 Å². The van der Waals surface area contributed by atoms with Crippen LogP contribution in [0.5, 0.6) is 0 Å². The fourth-order valence-electron chi connectivity index (χ4n) is 0.752. The van der Waals surface area contributed by atoms with Crippen LogP contribution in [0, 0.1) is 0 Å². The van der Waals surface area contributed by atoms with E-state index < -0.39 is 0 Å². The van der Waals surface area contributed by atoms with Gasteiger partial charge in [0, 0.05) is 12.1 Å². The van der Waals surface area contributed by atoms with E-state index in [0.29, 0.717) is 6.42 Å². The molecule has 1 amide bonds. The summed E-state index contributed by atoms with van der Waals surface area (Å²) in [5, 5.41) is 2.65. The highest BCUT2D eigenvalue weighted by Gasteiger charge is 2.18. The summed E-state index contributed by atoms with van der Waals surface area (Å²) < 4.78 is 0. The first-order chi connectivity index (χ1) is 5.61. The Morgan fingerprint density at radius 1 is 1.67 bits per heavy atom. The summed E-state index contributed by atoms with van der Waals surface area (Å²) in [6, 6.07) is 0. The third-order valence-corrected chi connectivity index (χ3v) is 2.31. The van der Waals surface area contributed by atoms with Crippen molar-refractivity contribution in [1.29, 1.82) is 0 Å². The lowest BCUT2D eigenvalue weighted by molar-refractivity contribution is -0.121. The van der Waals surface area contributed by atoms with Gasteiger partial charge in [-0.1, -0.05) is 42.8 Å². The highest BCUT2D eigenvalue weighted by atomic mass is 79.9. The molecule has 1 unspecified atom stereocenters. The second-order valence-corrected chi connectivity index (χ2v) is 3.89. The Labute approximate surface area is 82.5 Å². The van der Waals surface area contributed by atoms with E-state index in [9.17, 15) is 4.79 Å². The lowest BCUT2D eigenvalue weighted by atomic mass is 10.1. The number of allylic oxidation sites excluding steroid dienone is 1. The summed E-state index contributed by atoms with van der Waals surface area (Å²) in [5.41, 5.74) is 0.784. The molecule has 1 fully saturated rings. The average molecular weight is 234 g/mol. The van der Waals surface area contributed by atoms with Gasteiger partial charge in [0.25, 0.3) is 0 Å². The van der Waals surface area contributed by atoms with Gasteiger partial charge in [-0.15, -0.1) is 0 Å². The molecule has 3 heteroatoms. The molecule has 1 heterocycles. The van der Waals surface area contributed by atoms with Gasteiger partial charge in [0.2, 0.25) is 5.91 Å². The van der Waals surface area contributed by atoms with Gasteiger partial charge in [0.15, 0.2) is 0 Å². The fraction of sp³-hybridized carbons (Fsp3) is 0.667. The molecular formula is C9H16BrNO. The number of rotatable bonds is 0. The Bertz CT molecular complexity index is 168. The van der Waals surface area contributed by atoms with Crippen LogP contribution in [0.1, 0.15) is 33.1 Å². The van der Waals surface area contributed by atoms with E-state index in [1.165, 1.54) is 6.42 Å². The maximum absolute atomic E-state index is 10.6. The Hall–Kier alpha value is -0.310. The maximum Gasteiger partial charge on any atom is 0.224 e. The average Bonchev–Trinajstić information content (AvgIpc) is 1.99. The molecule has 1 aliphatic rings. The van der Waals surface area contributed by atoms with E-state index in [2.05, 4.69) is 41.7 Å². The van der Waals surface area contributed by atoms with Crippen molar-refractivity contribution in [3.05, 3.63) is 12.3 Å². The largest absolute Gasteiger partial charge is 0.329 e. The SMILES string of the molecule is C=C1NC(=O)CCC1Br.CCC. The quantitative estimate of drug-likeness (QED) is 0.641. The summed E-state index contributed by atoms with van der Waals surface area (Å²) >= 11 is 3.37. The smallest absolute Gasteiger partial charge is 0.224 e. The zero-order valence-corrected chi connectivity index (χ0v) is 9.28. The molecule has 70 valence electrons. The third kappa shape index (κ3) is 4.54. The van der Waals surface area contributed by atoms with Gasteiger partial charge in [-0.3, -0.25) is 4.79 Å². The normalized spacial score (nSPS) is 22.4. The van der Waals surface area contributed by atoms with Crippen LogP contribution < -0.4 is 5.32 Å². The number of alkyl halides is 1. The fourth-order valence-corrected chi connectivity index (χ4v) is 1.10. The van der Waals surface area contributed by atoms with Crippen LogP contribution in [-0.2, 0) is 4.79 Å². The van der Waals surface area contributed by atoms with Gasteiger partial charge < -0.3 is 5.32 Å². The molecule has 0 aromatic heterocycles. The summed E-state index contributed by atoms with van der Waals surface area (Å²) in [7, 11) is 0. The number of amides is 1. The van der Waals surface area contributed by atoms with Gasteiger partial charge in [0.05, 0.1) is 4.83 Å². The number of carbonyl (C=O) groups excluding carboxylic acids is 1. The minimum Gasteiger partial charge on any atom is -0.329 e. The van der Waals surface area contributed by atoms with Crippen molar-refractivity contribution in [2.45, 2.75) is 37.9 Å². The Balaban J connectivity index is 0.000000354. The van der Waals surface area contributed by atoms with E-state index in [4.69, 9.17) is 0 Å². The van der Waals surface area contributed by atoms with E-state index >= 15 is 0 Å². The Kier molecular flexibility index (Phi) is 6.07. The van der Waals surface area contributed by atoms with E-state index in [1.807, 2.05) is 0 Å². The molecule has 0 aromatic carbocycles. The molecule has 0 aliphatic carbocycles. The number of halogens is 1. The van der Waals surface area contributed by atoms with Crippen molar-refractivity contribution in [3.8, 4) is 0 Å². The molecule has 1 saturated heterocycles. The number of nitrogens with one attached hydrogen (secondary N) is 1. The Morgan fingerprint density at radius 2 is 2.17 bits per heavy atom. The first-order valence-corrected chi connectivity index (χ1v) is 5.16. The molecule has 1 aliphatic heterocycles. The van der Waals surface area contributed by atoms with Gasteiger partial charge in [0.1, 0.15) is 0 Å². The predicted octanol–water partition coefficient (Wildman–Crippen LogP) is 2.59. The first-order valence-electron chi connectivity index (χ1n) is 4.24. The van der Waals surface area contributed by atoms with Crippen molar-refractivity contribution in [2.24, 2.45) is 0 Å². The molecule has 0 bridgehead atoms. The number of hydrogen-bond acceptors (Lipinski definition) is 1. The van der Waals surface area contributed by atoms with E-state index in [0.717, 1.165) is 12.1 Å². The molecular weight excluding hydrogens is 218 g/mol. The highest BCUT2D eigenvalue weighted by Crippen LogP contribution is 2.18. The topological polar surface area (TPSA) is 29.1 Å². The molecule has 0 aromatic rings. The summed E-state index contributed by atoms with van der Waals surface area (Å²) in [4.78, 5) is 10.9. The molecule has 1 rings (SSSR count). The van der Waals surface area contributed by atoms with Crippen LogP contribution in [0.4, 0.5) is 0 Å². The zero-order chi connectivity index (χ0) is 9.56. The van der Waals surface area contributed by atoms with Gasteiger partial charge in [-0.25, -0.2) is 0 Å². The van der Waals surface area contributed by atoms with Gasteiger partial charge in [-0.05, 0) is 6.42 Å². The van der Waals surface area contributed by atoms with Crippen molar-refractivity contribution in [3.63, 3.8) is 0 Å². The minimum absolute atomic E-state index is 0.0794. The molecule has 1 atom stereocenters. The van der Waals surface area contributed by atoms with Crippen molar-refractivity contribution >= 4 is 21.8 Å².